The zero-order chi connectivity index (χ0) is 16.7. The lowest BCUT2D eigenvalue weighted by Crippen LogP contribution is -2.40. The second kappa shape index (κ2) is 7.63. The molecule has 1 heterocycles. The van der Waals surface area contributed by atoms with Gasteiger partial charge in [-0.3, -0.25) is 19.5 Å². The molecular weight excluding hydrogens is 431 g/mol. The Bertz CT molecular complexity index is 572. The highest BCUT2D eigenvalue weighted by atomic mass is 127. The van der Waals surface area contributed by atoms with E-state index in [2.05, 4.69) is 27.8 Å². The number of fused-ring (bicyclic) bond motifs is 5. The van der Waals surface area contributed by atoms with Crippen LogP contribution in [0.25, 0.3) is 0 Å². The minimum Gasteiger partial charge on any atom is -0.356 e. The molecule has 7 heteroatoms. The number of allylic oxidation sites excluding steroid dienone is 2. The van der Waals surface area contributed by atoms with Crippen LogP contribution in [0, 0.1) is 29.6 Å². The van der Waals surface area contributed by atoms with Gasteiger partial charge in [-0.15, -0.1) is 24.0 Å². The molecule has 4 atom stereocenters. The molecule has 1 saturated heterocycles. The number of hydrogen-bond acceptors (Lipinski definition) is 3. The first-order chi connectivity index (χ1) is 11.7. The number of carbonyl (C=O) groups is 2. The minimum atomic E-state index is -0.0755. The summed E-state index contributed by atoms with van der Waals surface area (Å²) in [6, 6.07) is 0. The molecule has 0 aromatic rings. The Morgan fingerprint density at radius 3 is 2.36 bits per heavy atom. The number of rotatable bonds is 6. The third-order valence-electron chi connectivity index (χ3n) is 5.89. The van der Waals surface area contributed by atoms with Crippen LogP contribution in [0.4, 0.5) is 0 Å². The Morgan fingerprint density at radius 2 is 1.80 bits per heavy atom. The molecular formula is C18H27IN4O2. The molecule has 2 bridgehead atoms. The summed E-state index contributed by atoms with van der Waals surface area (Å²) in [6.07, 6.45) is 8.63. The van der Waals surface area contributed by atoms with Gasteiger partial charge in [0.05, 0.1) is 11.8 Å². The van der Waals surface area contributed by atoms with Crippen molar-refractivity contribution < 1.29 is 9.59 Å². The van der Waals surface area contributed by atoms with E-state index in [1.807, 2.05) is 0 Å². The number of aliphatic imine (C=N–C) groups is 1. The van der Waals surface area contributed by atoms with Gasteiger partial charge in [-0.1, -0.05) is 12.2 Å². The second-order valence-corrected chi connectivity index (χ2v) is 7.50. The molecule has 0 radical (unpaired) electrons. The van der Waals surface area contributed by atoms with E-state index in [4.69, 9.17) is 0 Å². The fourth-order valence-corrected chi connectivity index (χ4v) is 4.41. The van der Waals surface area contributed by atoms with Gasteiger partial charge in [-0.25, -0.2) is 0 Å². The van der Waals surface area contributed by atoms with E-state index < -0.39 is 0 Å². The van der Waals surface area contributed by atoms with Gasteiger partial charge in [0.1, 0.15) is 0 Å². The van der Waals surface area contributed by atoms with Gasteiger partial charge in [0, 0.05) is 26.7 Å². The standard InChI is InChI=1S/C18H26N4O2.HI/c1-19-18(21-10-11-3-4-11)20-7-2-8-22-16(23)14-12-5-6-13(9-12)15(14)17(22)24;/h5-6,11-15H,2-4,7-10H2,1H3,(H2,19,20,21);1H. The molecule has 2 saturated carbocycles. The van der Waals surface area contributed by atoms with Gasteiger partial charge in [-0.05, 0) is 43.4 Å². The maximum atomic E-state index is 12.6. The number of carbonyl (C=O) groups excluding carboxylic acids is 2. The van der Waals surface area contributed by atoms with Gasteiger partial charge < -0.3 is 10.6 Å². The van der Waals surface area contributed by atoms with Crippen molar-refractivity contribution in [2.45, 2.75) is 25.7 Å². The summed E-state index contributed by atoms with van der Waals surface area (Å²) in [4.78, 5) is 30.8. The summed E-state index contributed by atoms with van der Waals surface area (Å²) in [5, 5.41) is 6.58. The van der Waals surface area contributed by atoms with Gasteiger partial charge in [0.15, 0.2) is 5.96 Å². The van der Waals surface area contributed by atoms with Crippen molar-refractivity contribution in [3.63, 3.8) is 0 Å². The third-order valence-corrected chi connectivity index (χ3v) is 5.89. The summed E-state index contributed by atoms with van der Waals surface area (Å²) in [6.45, 7) is 2.19. The highest BCUT2D eigenvalue weighted by Gasteiger charge is 2.58. The maximum absolute atomic E-state index is 12.6. The predicted molar refractivity (Wildman–Crippen MR) is 107 cm³/mol. The summed E-state index contributed by atoms with van der Waals surface area (Å²) >= 11 is 0. The number of nitrogens with one attached hydrogen (secondary N) is 2. The van der Waals surface area contributed by atoms with Crippen molar-refractivity contribution in [3.05, 3.63) is 12.2 Å². The average Bonchev–Trinajstić information content (AvgIpc) is 3.09. The molecule has 2 N–H and O–H groups in total. The molecule has 138 valence electrons. The number of nitrogens with zero attached hydrogens (tertiary/aromatic N) is 2. The normalized spacial score (nSPS) is 32.8. The summed E-state index contributed by atoms with van der Waals surface area (Å²) in [5.41, 5.74) is 0. The number of amides is 2. The zero-order valence-corrected chi connectivity index (χ0v) is 16.9. The van der Waals surface area contributed by atoms with Gasteiger partial charge >= 0.3 is 0 Å². The van der Waals surface area contributed by atoms with Crippen molar-refractivity contribution in [3.8, 4) is 0 Å². The number of guanidine groups is 1. The Hall–Kier alpha value is -1.12. The largest absolute Gasteiger partial charge is 0.356 e. The van der Waals surface area contributed by atoms with E-state index in [9.17, 15) is 9.59 Å². The number of imide groups is 1. The molecule has 2 amide bonds. The Morgan fingerprint density at radius 1 is 1.16 bits per heavy atom. The molecule has 4 aliphatic rings. The molecule has 3 aliphatic carbocycles. The van der Waals surface area contributed by atoms with E-state index in [1.165, 1.54) is 17.7 Å². The molecule has 4 rings (SSSR count). The van der Waals surface area contributed by atoms with E-state index in [1.54, 1.807) is 7.05 Å². The second-order valence-electron chi connectivity index (χ2n) is 7.50. The molecule has 0 aromatic heterocycles. The fraction of sp³-hybridized carbons (Fsp3) is 0.722. The van der Waals surface area contributed by atoms with E-state index in [0.717, 1.165) is 31.3 Å². The minimum absolute atomic E-state index is 0. The van der Waals surface area contributed by atoms with Crippen LogP contribution in [0.1, 0.15) is 25.7 Å². The maximum Gasteiger partial charge on any atom is 0.233 e. The number of halogens is 1. The first-order valence-corrected chi connectivity index (χ1v) is 9.17. The van der Waals surface area contributed by atoms with Crippen molar-refractivity contribution in [1.82, 2.24) is 15.5 Å². The quantitative estimate of drug-likeness (QED) is 0.158. The van der Waals surface area contributed by atoms with Crippen molar-refractivity contribution in [2.75, 3.05) is 26.7 Å². The van der Waals surface area contributed by atoms with Crippen LogP contribution in [0.5, 0.6) is 0 Å². The number of likely N-dealkylation sites (tertiary alicyclic amines) is 1. The smallest absolute Gasteiger partial charge is 0.233 e. The topological polar surface area (TPSA) is 73.8 Å². The lowest BCUT2D eigenvalue weighted by atomic mass is 9.85. The van der Waals surface area contributed by atoms with Crippen molar-refractivity contribution in [1.29, 1.82) is 0 Å². The SMILES string of the molecule is CN=C(NCCCN1C(=O)C2C3C=CC(C3)C2C1=O)NCC1CC1.I. The van der Waals surface area contributed by atoms with E-state index >= 15 is 0 Å². The van der Waals surface area contributed by atoms with Gasteiger partial charge in [0.2, 0.25) is 11.8 Å². The van der Waals surface area contributed by atoms with E-state index in [-0.39, 0.29) is 47.6 Å². The van der Waals surface area contributed by atoms with E-state index in [0.29, 0.717) is 24.9 Å². The summed E-state index contributed by atoms with van der Waals surface area (Å²) in [7, 11) is 1.76. The average molecular weight is 458 g/mol. The Balaban J connectivity index is 0.00000182. The monoisotopic (exact) mass is 458 g/mol. The van der Waals surface area contributed by atoms with Gasteiger partial charge in [0.25, 0.3) is 0 Å². The lowest BCUT2D eigenvalue weighted by Gasteiger charge is -2.18. The van der Waals surface area contributed by atoms with Crippen LogP contribution in [0.3, 0.4) is 0 Å². The van der Waals surface area contributed by atoms with Crippen LogP contribution in [-0.2, 0) is 9.59 Å². The van der Waals surface area contributed by atoms with Crippen LogP contribution in [0.15, 0.2) is 17.1 Å². The van der Waals surface area contributed by atoms with Crippen LogP contribution >= 0.6 is 24.0 Å². The third kappa shape index (κ3) is 3.57. The molecule has 1 aliphatic heterocycles. The van der Waals surface area contributed by atoms with Gasteiger partial charge in [-0.2, -0.15) is 0 Å². The first-order valence-electron chi connectivity index (χ1n) is 9.17. The fourth-order valence-electron chi connectivity index (χ4n) is 4.41. The van der Waals surface area contributed by atoms with Crippen molar-refractivity contribution >= 4 is 41.8 Å². The van der Waals surface area contributed by atoms with Crippen LogP contribution in [0.2, 0.25) is 0 Å². The highest BCUT2D eigenvalue weighted by molar-refractivity contribution is 14.0. The molecule has 4 unspecified atom stereocenters. The predicted octanol–water partition coefficient (Wildman–Crippen LogP) is 1.38. The first kappa shape index (κ1) is 18.7. The Labute approximate surface area is 165 Å². The molecule has 3 fully saturated rings. The van der Waals surface area contributed by atoms with Crippen LogP contribution in [-0.4, -0.2) is 49.4 Å². The summed E-state index contributed by atoms with van der Waals surface area (Å²) < 4.78 is 0. The van der Waals surface area contributed by atoms with Crippen LogP contribution < -0.4 is 10.6 Å². The zero-order valence-electron chi connectivity index (χ0n) is 14.6. The highest BCUT2D eigenvalue weighted by Crippen LogP contribution is 2.52. The number of hydrogen-bond donors (Lipinski definition) is 2. The van der Waals surface area contributed by atoms with Crippen molar-refractivity contribution in [2.24, 2.45) is 34.6 Å². The lowest BCUT2D eigenvalue weighted by molar-refractivity contribution is -0.140. The molecule has 0 aromatic carbocycles. The molecule has 25 heavy (non-hydrogen) atoms. The molecule has 6 nitrogen and oxygen atoms in total. The molecule has 0 spiro atoms. The Kier molecular flexibility index (Phi) is 5.70. The summed E-state index contributed by atoms with van der Waals surface area (Å²) in [5.74, 6) is 2.15.